The average Bonchev–Trinajstić information content (AvgIpc) is 2.42. The summed E-state index contributed by atoms with van der Waals surface area (Å²) in [6.07, 6.45) is 5.66. The molecule has 19 heavy (non-hydrogen) atoms. The first-order chi connectivity index (χ1) is 9.22. The molecule has 0 radical (unpaired) electrons. The first-order valence-electron chi connectivity index (χ1n) is 7.32. The van der Waals surface area contributed by atoms with Crippen molar-refractivity contribution in [3.8, 4) is 0 Å². The van der Waals surface area contributed by atoms with Crippen molar-refractivity contribution in [3.05, 3.63) is 35.4 Å². The monoisotopic (exact) mass is 260 g/mol. The highest BCUT2D eigenvalue weighted by molar-refractivity contribution is 5.80. The van der Waals surface area contributed by atoms with Gasteiger partial charge in [-0.2, -0.15) is 0 Å². The lowest BCUT2D eigenvalue weighted by Crippen LogP contribution is -2.48. The van der Waals surface area contributed by atoms with Gasteiger partial charge in [0.15, 0.2) is 0 Å². The number of hydrogen-bond acceptors (Lipinski definition) is 2. The molecule has 1 aliphatic rings. The minimum Gasteiger partial charge on any atom is -0.368 e. The molecule has 0 fully saturated rings. The third kappa shape index (κ3) is 3.57. The Morgan fingerprint density at radius 1 is 1.26 bits per heavy atom. The second-order valence-corrected chi connectivity index (χ2v) is 5.42. The normalized spacial score (nSPS) is 19.1. The van der Waals surface area contributed by atoms with E-state index in [-0.39, 0.29) is 11.9 Å². The molecule has 3 nitrogen and oxygen atoms in total. The van der Waals surface area contributed by atoms with Gasteiger partial charge in [0.1, 0.15) is 0 Å². The lowest BCUT2D eigenvalue weighted by molar-refractivity contribution is -0.123. The third-order valence-corrected chi connectivity index (χ3v) is 3.97. The van der Waals surface area contributed by atoms with Crippen LogP contribution in [0.4, 0.5) is 0 Å². The first kappa shape index (κ1) is 14.1. The Bertz CT molecular complexity index is 431. The number of hydrogen-bond donors (Lipinski definition) is 1. The summed E-state index contributed by atoms with van der Waals surface area (Å²) in [6.45, 7) is 4.04. The van der Waals surface area contributed by atoms with Crippen molar-refractivity contribution in [3.63, 3.8) is 0 Å². The maximum atomic E-state index is 11.6. The number of benzene rings is 1. The van der Waals surface area contributed by atoms with Crippen LogP contribution in [0.2, 0.25) is 0 Å². The van der Waals surface area contributed by atoms with E-state index in [2.05, 4.69) is 30.0 Å². The molecule has 0 saturated heterocycles. The zero-order valence-electron chi connectivity index (χ0n) is 11.8. The summed E-state index contributed by atoms with van der Waals surface area (Å²) in [7, 11) is 0. The fraction of sp³-hybridized carbons (Fsp3) is 0.562. The van der Waals surface area contributed by atoms with E-state index < -0.39 is 0 Å². The lowest BCUT2D eigenvalue weighted by atomic mass is 9.93. The van der Waals surface area contributed by atoms with E-state index in [1.54, 1.807) is 0 Å². The van der Waals surface area contributed by atoms with Gasteiger partial charge in [-0.3, -0.25) is 9.69 Å². The molecule has 0 aromatic heterocycles. The number of rotatable bonds is 6. The zero-order chi connectivity index (χ0) is 13.7. The molecular formula is C16H24N2O. The number of nitrogens with zero attached hydrogens (tertiary/aromatic N) is 1. The summed E-state index contributed by atoms with van der Waals surface area (Å²) in [6, 6.07) is 8.24. The smallest absolute Gasteiger partial charge is 0.235 e. The molecule has 0 aliphatic carbocycles. The van der Waals surface area contributed by atoms with Crippen LogP contribution in [0.25, 0.3) is 0 Å². The quantitative estimate of drug-likeness (QED) is 0.799. The number of carbonyl (C=O) groups is 1. The minimum atomic E-state index is -0.190. The fourth-order valence-electron chi connectivity index (χ4n) is 2.83. The van der Waals surface area contributed by atoms with Crippen LogP contribution in [0.1, 0.15) is 43.7 Å². The first-order valence-corrected chi connectivity index (χ1v) is 7.32. The summed E-state index contributed by atoms with van der Waals surface area (Å²) < 4.78 is 0. The predicted molar refractivity (Wildman–Crippen MR) is 77.7 cm³/mol. The number of unbranched alkanes of at least 4 members (excludes halogenated alkanes) is 3. The standard InChI is InChI=1S/C16H24N2O/c1-2-3-4-7-10-18-12-14-9-6-5-8-13(14)11-15(18)16(17)19/h5-6,8-9,15H,2-4,7,10-12H2,1H3,(H2,17,19)/t15-/m0/s1. The molecular weight excluding hydrogens is 236 g/mol. The molecule has 2 N–H and O–H groups in total. The van der Waals surface area contributed by atoms with E-state index in [1.165, 1.54) is 30.4 Å². The number of fused-ring (bicyclic) bond motifs is 1. The van der Waals surface area contributed by atoms with Crippen LogP contribution in [-0.4, -0.2) is 23.4 Å². The molecule has 1 amide bonds. The van der Waals surface area contributed by atoms with Crippen LogP contribution >= 0.6 is 0 Å². The number of carbonyl (C=O) groups excluding carboxylic acids is 1. The Morgan fingerprint density at radius 2 is 2.00 bits per heavy atom. The van der Waals surface area contributed by atoms with Crippen molar-refractivity contribution in [1.29, 1.82) is 0 Å². The highest BCUT2D eigenvalue weighted by atomic mass is 16.1. The van der Waals surface area contributed by atoms with E-state index in [4.69, 9.17) is 5.73 Å². The summed E-state index contributed by atoms with van der Waals surface area (Å²) >= 11 is 0. The van der Waals surface area contributed by atoms with Crippen LogP contribution < -0.4 is 5.73 Å². The Hall–Kier alpha value is -1.35. The molecule has 1 atom stereocenters. The second-order valence-electron chi connectivity index (χ2n) is 5.42. The number of primary amides is 1. The molecule has 0 saturated carbocycles. The van der Waals surface area contributed by atoms with Crippen molar-refractivity contribution in [1.82, 2.24) is 4.90 Å². The lowest BCUT2D eigenvalue weighted by Gasteiger charge is -2.35. The van der Waals surface area contributed by atoms with E-state index in [0.717, 1.165) is 25.9 Å². The van der Waals surface area contributed by atoms with Crippen LogP contribution in [0.15, 0.2) is 24.3 Å². The van der Waals surface area contributed by atoms with Crippen LogP contribution in [0.3, 0.4) is 0 Å². The van der Waals surface area contributed by atoms with Gasteiger partial charge in [-0.15, -0.1) is 0 Å². The van der Waals surface area contributed by atoms with Gasteiger partial charge in [0.05, 0.1) is 6.04 Å². The van der Waals surface area contributed by atoms with Gasteiger partial charge in [0.2, 0.25) is 5.91 Å². The topological polar surface area (TPSA) is 46.3 Å². The second kappa shape index (κ2) is 6.71. The minimum absolute atomic E-state index is 0.128. The van der Waals surface area contributed by atoms with Gasteiger partial charge in [0, 0.05) is 6.54 Å². The van der Waals surface area contributed by atoms with Gasteiger partial charge in [0.25, 0.3) is 0 Å². The van der Waals surface area contributed by atoms with E-state index >= 15 is 0 Å². The number of nitrogens with two attached hydrogens (primary N) is 1. The number of amides is 1. The van der Waals surface area contributed by atoms with Crippen molar-refractivity contribution >= 4 is 5.91 Å². The Morgan fingerprint density at radius 3 is 2.68 bits per heavy atom. The van der Waals surface area contributed by atoms with Crippen LogP contribution in [-0.2, 0) is 17.8 Å². The molecule has 104 valence electrons. The summed E-state index contributed by atoms with van der Waals surface area (Å²) in [5.74, 6) is -0.190. The van der Waals surface area contributed by atoms with E-state index in [0.29, 0.717) is 0 Å². The van der Waals surface area contributed by atoms with Crippen LogP contribution in [0, 0.1) is 0 Å². The van der Waals surface area contributed by atoms with E-state index in [9.17, 15) is 4.79 Å². The third-order valence-electron chi connectivity index (χ3n) is 3.97. The zero-order valence-corrected chi connectivity index (χ0v) is 11.8. The molecule has 1 aliphatic heterocycles. The van der Waals surface area contributed by atoms with Crippen molar-refractivity contribution in [2.75, 3.05) is 6.54 Å². The summed E-state index contributed by atoms with van der Waals surface area (Å²) in [4.78, 5) is 13.9. The molecule has 1 aromatic rings. The molecule has 1 aromatic carbocycles. The largest absolute Gasteiger partial charge is 0.368 e. The Labute approximate surface area is 115 Å². The molecule has 1 heterocycles. The Balaban J connectivity index is 2.02. The summed E-state index contributed by atoms with van der Waals surface area (Å²) in [5, 5.41) is 0. The average molecular weight is 260 g/mol. The predicted octanol–water partition coefficient (Wildman–Crippen LogP) is 2.48. The fourth-order valence-corrected chi connectivity index (χ4v) is 2.83. The molecule has 0 bridgehead atoms. The highest BCUT2D eigenvalue weighted by Gasteiger charge is 2.29. The molecule has 2 rings (SSSR count). The van der Waals surface area contributed by atoms with Crippen molar-refractivity contribution < 1.29 is 4.79 Å². The molecule has 3 heteroatoms. The van der Waals surface area contributed by atoms with Gasteiger partial charge in [-0.05, 0) is 30.5 Å². The van der Waals surface area contributed by atoms with Gasteiger partial charge >= 0.3 is 0 Å². The molecule has 0 spiro atoms. The van der Waals surface area contributed by atoms with Gasteiger partial charge < -0.3 is 5.73 Å². The molecule has 0 unspecified atom stereocenters. The van der Waals surface area contributed by atoms with Crippen LogP contribution in [0.5, 0.6) is 0 Å². The van der Waals surface area contributed by atoms with Gasteiger partial charge in [-0.1, -0.05) is 50.5 Å². The summed E-state index contributed by atoms with van der Waals surface area (Å²) in [5.41, 5.74) is 8.18. The van der Waals surface area contributed by atoms with Crippen molar-refractivity contribution in [2.45, 2.75) is 51.6 Å². The highest BCUT2D eigenvalue weighted by Crippen LogP contribution is 2.23. The SMILES string of the molecule is CCCCCCN1Cc2ccccc2C[C@H]1C(N)=O. The van der Waals surface area contributed by atoms with Gasteiger partial charge in [-0.25, -0.2) is 0 Å². The maximum Gasteiger partial charge on any atom is 0.235 e. The Kier molecular flexibility index (Phi) is 4.97. The maximum absolute atomic E-state index is 11.6. The van der Waals surface area contributed by atoms with E-state index in [1.807, 2.05) is 6.07 Å². The van der Waals surface area contributed by atoms with Crippen molar-refractivity contribution in [2.24, 2.45) is 5.73 Å².